The van der Waals surface area contributed by atoms with E-state index in [4.69, 9.17) is 14.6 Å². The predicted molar refractivity (Wildman–Crippen MR) is 40.1 cm³/mol. The molecular weight excluding hydrogens is 132 g/mol. The van der Waals surface area contributed by atoms with Crippen molar-refractivity contribution in [3.05, 3.63) is 0 Å². The van der Waals surface area contributed by atoms with Crippen LogP contribution in [0, 0.1) is 0 Å². The van der Waals surface area contributed by atoms with Crippen LogP contribution >= 0.6 is 0 Å². The van der Waals surface area contributed by atoms with Gasteiger partial charge in [-0.25, -0.2) is 0 Å². The molecule has 0 saturated heterocycles. The number of carboxylic acid groups (broad SMARTS) is 1. The van der Waals surface area contributed by atoms with Gasteiger partial charge in [-0.15, -0.1) is 0 Å². The molecule has 0 aliphatic carbocycles. The second kappa shape index (κ2) is 11.3. The topological polar surface area (TPSA) is 46.5 Å². The highest BCUT2D eigenvalue weighted by atomic mass is 16.5. The maximum atomic E-state index is 9.00. The third-order valence-electron chi connectivity index (χ3n) is 0.702. The van der Waals surface area contributed by atoms with Gasteiger partial charge < -0.3 is 9.84 Å². The van der Waals surface area contributed by atoms with E-state index in [9.17, 15) is 0 Å². The molecule has 0 aromatic heterocycles. The molecular formula is C7H16O3. The van der Waals surface area contributed by atoms with Crippen molar-refractivity contribution >= 4 is 5.97 Å². The van der Waals surface area contributed by atoms with E-state index in [1.54, 1.807) is 7.11 Å². The van der Waals surface area contributed by atoms with Crippen LogP contribution in [0.4, 0.5) is 0 Å². The van der Waals surface area contributed by atoms with Gasteiger partial charge in [0.2, 0.25) is 0 Å². The first-order valence-electron chi connectivity index (χ1n) is 3.33. The Labute approximate surface area is 62.0 Å². The summed E-state index contributed by atoms with van der Waals surface area (Å²) in [5.74, 6) is -0.833. The van der Waals surface area contributed by atoms with Crippen LogP contribution < -0.4 is 0 Å². The van der Waals surface area contributed by atoms with E-state index in [1.807, 2.05) is 0 Å². The number of ether oxygens (including phenoxy) is 1. The lowest BCUT2D eigenvalue weighted by atomic mass is 10.4. The third kappa shape index (κ3) is 52.0. The molecule has 0 rings (SSSR count). The standard InChI is InChI=1S/C5H12O.C2H4O2/c1-3-4-5-6-2;1-2(3)4/h3-5H2,1-2H3;1H3,(H,3,4). The maximum absolute atomic E-state index is 9.00. The lowest BCUT2D eigenvalue weighted by Crippen LogP contribution is -1.84. The summed E-state index contributed by atoms with van der Waals surface area (Å²) in [6, 6.07) is 0. The second-order valence-corrected chi connectivity index (χ2v) is 1.87. The molecule has 10 heavy (non-hydrogen) atoms. The SMILES string of the molecule is CC(=O)O.CCCCOC. The maximum Gasteiger partial charge on any atom is 0.300 e. The van der Waals surface area contributed by atoms with E-state index in [-0.39, 0.29) is 0 Å². The van der Waals surface area contributed by atoms with Crippen LogP contribution in [0.2, 0.25) is 0 Å². The van der Waals surface area contributed by atoms with E-state index in [2.05, 4.69) is 6.92 Å². The first-order chi connectivity index (χ1) is 4.65. The van der Waals surface area contributed by atoms with Crippen molar-refractivity contribution in [3.63, 3.8) is 0 Å². The summed E-state index contributed by atoms with van der Waals surface area (Å²) in [5, 5.41) is 7.42. The molecule has 3 nitrogen and oxygen atoms in total. The molecule has 1 N–H and O–H groups in total. The zero-order chi connectivity index (χ0) is 8.41. The fraction of sp³-hybridized carbons (Fsp3) is 0.857. The largest absolute Gasteiger partial charge is 0.481 e. The molecule has 62 valence electrons. The third-order valence-corrected chi connectivity index (χ3v) is 0.702. The monoisotopic (exact) mass is 148 g/mol. The lowest BCUT2D eigenvalue weighted by molar-refractivity contribution is -0.134. The van der Waals surface area contributed by atoms with Crippen LogP contribution in [0.5, 0.6) is 0 Å². The van der Waals surface area contributed by atoms with Gasteiger partial charge in [-0.1, -0.05) is 13.3 Å². The number of methoxy groups -OCH3 is 1. The minimum atomic E-state index is -0.833. The Bertz CT molecular complexity index is 63.3. The summed E-state index contributed by atoms with van der Waals surface area (Å²) in [6.07, 6.45) is 2.42. The Hall–Kier alpha value is -0.570. The smallest absolute Gasteiger partial charge is 0.300 e. The van der Waals surface area contributed by atoms with Gasteiger partial charge in [0, 0.05) is 20.6 Å². The number of rotatable bonds is 3. The molecule has 0 radical (unpaired) electrons. The number of carbonyl (C=O) groups is 1. The highest BCUT2D eigenvalue weighted by Gasteiger charge is 1.74. The summed E-state index contributed by atoms with van der Waals surface area (Å²) in [4.78, 5) is 9.00. The molecule has 0 aliphatic heterocycles. The quantitative estimate of drug-likeness (QED) is 0.617. The molecule has 0 aromatic rings. The van der Waals surface area contributed by atoms with Crippen LogP contribution in [0.3, 0.4) is 0 Å². The Morgan fingerprint density at radius 3 is 2.10 bits per heavy atom. The van der Waals surface area contributed by atoms with Crippen molar-refractivity contribution in [1.29, 1.82) is 0 Å². The molecule has 0 amide bonds. The summed E-state index contributed by atoms with van der Waals surface area (Å²) < 4.78 is 4.78. The van der Waals surface area contributed by atoms with Gasteiger partial charge in [-0.05, 0) is 6.42 Å². The van der Waals surface area contributed by atoms with Gasteiger partial charge in [0.25, 0.3) is 5.97 Å². The van der Waals surface area contributed by atoms with E-state index < -0.39 is 5.97 Å². The summed E-state index contributed by atoms with van der Waals surface area (Å²) in [6.45, 7) is 4.15. The first kappa shape index (κ1) is 12.1. The normalized spacial score (nSPS) is 7.90. The van der Waals surface area contributed by atoms with E-state index >= 15 is 0 Å². The Morgan fingerprint density at radius 2 is 2.00 bits per heavy atom. The van der Waals surface area contributed by atoms with Crippen molar-refractivity contribution in [2.75, 3.05) is 13.7 Å². The molecule has 0 bridgehead atoms. The van der Waals surface area contributed by atoms with E-state index in [0.717, 1.165) is 13.5 Å². The van der Waals surface area contributed by atoms with Gasteiger partial charge >= 0.3 is 0 Å². The molecule has 0 spiro atoms. The summed E-state index contributed by atoms with van der Waals surface area (Å²) >= 11 is 0. The van der Waals surface area contributed by atoms with Crippen molar-refractivity contribution in [1.82, 2.24) is 0 Å². The Kier molecular flexibility index (Phi) is 13.7. The fourth-order valence-corrected chi connectivity index (χ4v) is 0.289. The average Bonchev–Trinajstić information content (AvgIpc) is 1.82. The minimum absolute atomic E-state index is 0.833. The fourth-order valence-electron chi connectivity index (χ4n) is 0.289. The van der Waals surface area contributed by atoms with Gasteiger partial charge in [0.15, 0.2) is 0 Å². The Balaban J connectivity index is 0. The van der Waals surface area contributed by atoms with E-state index in [0.29, 0.717) is 0 Å². The van der Waals surface area contributed by atoms with Gasteiger partial charge in [0.1, 0.15) is 0 Å². The van der Waals surface area contributed by atoms with Crippen LogP contribution in [0.25, 0.3) is 0 Å². The lowest BCUT2D eigenvalue weighted by Gasteiger charge is -1.89. The van der Waals surface area contributed by atoms with Crippen molar-refractivity contribution < 1.29 is 14.6 Å². The zero-order valence-corrected chi connectivity index (χ0v) is 6.89. The van der Waals surface area contributed by atoms with E-state index in [1.165, 1.54) is 12.8 Å². The van der Waals surface area contributed by atoms with Crippen LogP contribution in [0.15, 0.2) is 0 Å². The summed E-state index contributed by atoms with van der Waals surface area (Å²) in [5.41, 5.74) is 0. The molecule has 0 atom stereocenters. The van der Waals surface area contributed by atoms with Crippen LogP contribution in [0.1, 0.15) is 26.7 Å². The van der Waals surface area contributed by atoms with Crippen molar-refractivity contribution in [2.45, 2.75) is 26.7 Å². The number of unbranched alkanes of at least 4 members (excludes halogenated alkanes) is 1. The molecule has 0 saturated carbocycles. The highest BCUT2D eigenvalue weighted by Crippen LogP contribution is 1.83. The number of carboxylic acids is 1. The molecule has 3 heteroatoms. The molecule has 0 heterocycles. The first-order valence-corrected chi connectivity index (χ1v) is 3.33. The second-order valence-electron chi connectivity index (χ2n) is 1.87. The number of hydrogen-bond donors (Lipinski definition) is 1. The minimum Gasteiger partial charge on any atom is -0.481 e. The number of aliphatic carboxylic acids is 1. The zero-order valence-electron chi connectivity index (χ0n) is 6.89. The average molecular weight is 148 g/mol. The summed E-state index contributed by atoms with van der Waals surface area (Å²) in [7, 11) is 1.73. The van der Waals surface area contributed by atoms with Crippen LogP contribution in [-0.4, -0.2) is 24.8 Å². The Morgan fingerprint density at radius 1 is 1.60 bits per heavy atom. The van der Waals surface area contributed by atoms with Gasteiger partial charge in [0.05, 0.1) is 0 Å². The molecule has 0 fully saturated rings. The van der Waals surface area contributed by atoms with Crippen molar-refractivity contribution in [2.24, 2.45) is 0 Å². The molecule has 0 unspecified atom stereocenters. The van der Waals surface area contributed by atoms with Crippen molar-refractivity contribution in [3.8, 4) is 0 Å². The predicted octanol–water partition coefficient (Wildman–Crippen LogP) is 1.52. The number of hydrogen-bond acceptors (Lipinski definition) is 2. The van der Waals surface area contributed by atoms with Gasteiger partial charge in [-0.3, -0.25) is 4.79 Å². The molecule has 0 aliphatic rings. The highest BCUT2D eigenvalue weighted by molar-refractivity contribution is 5.62. The van der Waals surface area contributed by atoms with Crippen LogP contribution in [-0.2, 0) is 9.53 Å². The van der Waals surface area contributed by atoms with Gasteiger partial charge in [-0.2, -0.15) is 0 Å². The molecule has 0 aromatic carbocycles.